The number of rotatable bonds is 3. The van der Waals surface area contributed by atoms with E-state index in [1.807, 2.05) is 24.3 Å². The minimum atomic E-state index is -4.13. The SMILES string of the molecule is CC12CC1(C)OB(c1ccc(N3CCN(CC(F)(F)F)CC3)cc1)O2. The van der Waals surface area contributed by atoms with E-state index in [9.17, 15) is 13.2 Å². The maximum Gasteiger partial charge on any atom is 0.494 e. The summed E-state index contributed by atoms with van der Waals surface area (Å²) in [5.41, 5.74) is 1.65. The molecule has 25 heavy (non-hydrogen) atoms. The molecule has 3 fully saturated rings. The molecular weight excluding hydrogens is 332 g/mol. The molecule has 136 valence electrons. The Morgan fingerprint density at radius 2 is 1.56 bits per heavy atom. The molecule has 2 saturated heterocycles. The van der Waals surface area contributed by atoms with Crippen molar-refractivity contribution in [1.29, 1.82) is 0 Å². The van der Waals surface area contributed by atoms with Crippen molar-refractivity contribution >= 4 is 18.3 Å². The number of halogens is 3. The molecule has 2 unspecified atom stereocenters. The van der Waals surface area contributed by atoms with Gasteiger partial charge < -0.3 is 14.2 Å². The normalized spacial score (nSPS) is 32.8. The first-order valence-corrected chi connectivity index (χ1v) is 8.67. The third kappa shape index (κ3) is 3.27. The van der Waals surface area contributed by atoms with Gasteiger partial charge in [-0.2, -0.15) is 13.2 Å². The monoisotopic (exact) mass is 354 g/mol. The smallest absolute Gasteiger partial charge is 0.399 e. The fourth-order valence-electron chi connectivity index (χ4n) is 3.82. The summed E-state index contributed by atoms with van der Waals surface area (Å²) in [6.45, 7) is 5.36. The van der Waals surface area contributed by atoms with Gasteiger partial charge in [-0.1, -0.05) is 12.1 Å². The van der Waals surface area contributed by atoms with Crippen LogP contribution in [-0.2, 0) is 9.31 Å². The number of piperazine rings is 1. The summed E-state index contributed by atoms with van der Waals surface area (Å²) >= 11 is 0. The molecule has 0 radical (unpaired) electrons. The third-order valence-electron chi connectivity index (χ3n) is 5.71. The maximum atomic E-state index is 12.5. The first-order chi connectivity index (χ1) is 11.7. The molecule has 4 nitrogen and oxygen atoms in total. The number of alkyl halides is 3. The minimum Gasteiger partial charge on any atom is -0.399 e. The predicted octanol–water partition coefficient (Wildman–Crippen LogP) is 2.03. The molecule has 0 spiro atoms. The lowest BCUT2D eigenvalue weighted by atomic mass is 9.79. The largest absolute Gasteiger partial charge is 0.494 e. The van der Waals surface area contributed by atoms with Gasteiger partial charge in [0.25, 0.3) is 0 Å². The second kappa shape index (κ2) is 5.63. The number of hydrogen-bond donors (Lipinski definition) is 0. The van der Waals surface area contributed by atoms with Crippen molar-refractivity contribution in [2.75, 3.05) is 37.6 Å². The van der Waals surface area contributed by atoms with Crippen LogP contribution in [0.1, 0.15) is 20.3 Å². The van der Waals surface area contributed by atoms with Crippen molar-refractivity contribution in [2.24, 2.45) is 0 Å². The Labute approximate surface area is 146 Å². The van der Waals surface area contributed by atoms with Gasteiger partial charge in [-0.15, -0.1) is 0 Å². The second-order valence-electron chi connectivity index (χ2n) is 7.68. The lowest BCUT2D eigenvalue weighted by Crippen LogP contribution is -2.49. The van der Waals surface area contributed by atoms with Crippen LogP contribution in [0.4, 0.5) is 18.9 Å². The van der Waals surface area contributed by atoms with Gasteiger partial charge in [0.1, 0.15) is 0 Å². The number of hydrogen-bond acceptors (Lipinski definition) is 4. The Morgan fingerprint density at radius 3 is 2.08 bits per heavy atom. The lowest BCUT2D eigenvalue weighted by Gasteiger charge is -2.36. The Kier molecular flexibility index (Phi) is 3.87. The van der Waals surface area contributed by atoms with Crippen LogP contribution in [0, 0.1) is 0 Å². The van der Waals surface area contributed by atoms with Crippen molar-refractivity contribution in [3.8, 4) is 0 Å². The molecule has 0 amide bonds. The number of anilines is 1. The summed E-state index contributed by atoms with van der Waals surface area (Å²) in [4.78, 5) is 3.58. The molecule has 0 N–H and O–H groups in total. The summed E-state index contributed by atoms with van der Waals surface area (Å²) in [5.74, 6) is 0. The zero-order chi connectivity index (χ0) is 17.9. The van der Waals surface area contributed by atoms with Crippen molar-refractivity contribution in [3.05, 3.63) is 24.3 Å². The molecule has 3 aliphatic rings. The number of fused-ring (bicyclic) bond motifs is 1. The molecule has 1 aromatic carbocycles. The Balaban J connectivity index is 1.34. The van der Waals surface area contributed by atoms with Crippen LogP contribution >= 0.6 is 0 Å². The van der Waals surface area contributed by atoms with Crippen LogP contribution in [0.25, 0.3) is 0 Å². The van der Waals surface area contributed by atoms with Gasteiger partial charge in [-0.25, -0.2) is 0 Å². The topological polar surface area (TPSA) is 24.9 Å². The quantitative estimate of drug-likeness (QED) is 0.776. The van der Waals surface area contributed by atoms with Crippen LogP contribution in [0.5, 0.6) is 0 Å². The molecule has 1 aromatic rings. The Morgan fingerprint density at radius 1 is 1.00 bits per heavy atom. The van der Waals surface area contributed by atoms with E-state index in [1.165, 1.54) is 4.90 Å². The van der Waals surface area contributed by atoms with Crippen LogP contribution in [0.15, 0.2) is 24.3 Å². The summed E-state index contributed by atoms with van der Waals surface area (Å²) in [5, 5.41) is 0. The molecule has 1 aliphatic carbocycles. The predicted molar refractivity (Wildman–Crippen MR) is 90.1 cm³/mol. The molecule has 2 atom stereocenters. The average molecular weight is 354 g/mol. The molecule has 1 saturated carbocycles. The van der Waals surface area contributed by atoms with E-state index in [0.29, 0.717) is 26.2 Å². The van der Waals surface area contributed by atoms with Crippen LogP contribution in [-0.4, -0.2) is 62.1 Å². The van der Waals surface area contributed by atoms with E-state index in [4.69, 9.17) is 9.31 Å². The van der Waals surface area contributed by atoms with Crippen LogP contribution in [0.3, 0.4) is 0 Å². The van der Waals surface area contributed by atoms with E-state index in [1.54, 1.807) is 0 Å². The summed E-state index contributed by atoms with van der Waals surface area (Å²) in [6, 6.07) is 7.96. The molecule has 0 bridgehead atoms. The molecule has 2 aliphatic heterocycles. The van der Waals surface area contributed by atoms with E-state index in [2.05, 4.69) is 18.7 Å². The minimum absolute atomic E-state index is 0.175. The first kappa shape index (κ1) is 17.2. The Hall–Kier alpha value is -1.25. The lowest BCUT2D eigenvalue weighted by molar-refractivity contribution is -0.146. The van der Waals surface area contributed by atoms with Crippen molar-refractivity contribution in [1.82, 2.24) is 4.90 Å². The van der Waals surface area contributed by atoms with E-state index < -0.39 is 12.7 Å². The second-order valence-corrected chi connectivity index (χ2v) is 7.68. The van der Waals surface area contributed by atoms with Gasteiger partial charge >= 0.3 is 13.3 Å². The summed E-state index contributed by atoms with van der Waals surface area (Å²) in [6.07, 6.45) is -3.20. The van der Waals surface area contributed by atoms with Crippen molar-refractivity contribution in [2.45, 2.75) is 37.6 Å². The van der Waals surface area contributed by atoms with Gasteiger partial charge in [0.2, 0.25) is 0 Å². The summed E-state index contributed by atoms with van der Waals surface area (Å²) in [7, 11) is -0.332. The summed E-state index contributed by atoms with van der Waals surface area (Å²) < 4.78 is 49.4. The molecule has 0 aromatic heterocycles. The number of nitrogens with zero attached hydrogens (tertiary/aromatic N) is 2. The fraction of sp³-hybridized carbons (Fsp3) is 0.647. The highest BCUT2D eigenvalue weighted by molar-refractivity contribution is 6.62. The molecule has 4 rings (SSSR count). The molecule has 2 heterocycles. The highest BCUT2D eigenvalue weighted by Crippen LogP contribution is 2.58. The highest BCUT2D eigenvalue weighted by atomic mass is 19.4. The van der Waals surface area contributed by atoms with E-state index >= 15 is 0 Å². The molecule has 8 heteroatoms. The first-order valence-electron chi connectivity index (χ1n) is 8.67. The average Bonchev–Trinajstić information content (AvgIpc) is 2.95. The fourth-order valence-corrected chi connectivity index (χ4v) is 3.82. The highest BCUT2D eigenvalue weighted by Gasteiger charge is 2.71. The van der Waals surface area contributed by atoms with Gasteiger partial charge in [-0.05, 0) is 31.4 Å². The van der Waals surface area contributed by atoms with Crippen LogP contribution < -0.4 is 10.4 Å². The molecular formula is C17H22BF3N2O2. The van der Waals surface area contributed by atoms with Crippen LogP contribution in [0.2, 0.25) is 0 Å². The van der Waals surface area contributed by atoms with Crippen molar-refractivity contribution in [3.63, 3.8) is 0 Å². The van der Waals surface area contributed by atoms with E-state index in [-0.39, 0.29) is 18.3 Å². The van der Waals surface area contributed by atoms with Gasteiger partial charge in [0.15, 0.2) is 0 Å². The van der Waals surface area contributed by atoms with E-state index in [0.717, 1.165) is 17.6 Å². The zero-order valence-corrected chi connectivity index (χ0v) is 14.5. The standard InChI is InChI=1S/C17H22BF3N2O2/c1-15-11-16(15,2)25-18(24-15)13-3-5-14(6-4-13)23-9-7-22(8-10-23)12-17(19,20)21/h3-6H,7-12H2,1-2H3. The van der Waals surface area contributed by atoms with Gasteiger partial charge in [0.05, 0.1) is 17.7 Å². The van der Waals surface area contributed by atoms with Gasteiger partial charge in [-0.3, -0.25) is 4.90 Å². The van der Waals surface area contributed by atoms with Gasteiger partial charge in [0, 0.05) is 38.3 Å². The maximum absolute atomic E-state index is 12.5. The Bertz CT molecular complexity index is 632. The zero-order valence-electron chi connectivity index (χ0n) is 14.5. The third-order valence-corrected chi connectivity index (χ3v) is 5.71. The van der Waals surface area contributed by atoms with Crippen molar-refractivity contribution < 1.29 is 22.5 Å². The number of benzene rings is 1.